The van der Waals surface area contributed by atoms with Crippen LogP contribution in [0.15, 0.2) is 12.1 Å². The Morgan fingerprint density at radius 2 is 2.30 bits per heavy atom. The second kappa shape index (κ2) is 5.19. The number of ether oxygens (including phenoxy) is 1. The largest absolute Gasteiger partial charge is 0.376 e. The SMILES string of the molecule is CCC1C(=O)Nc2c(C)cc(C(N)C3CCCO3)cc21. The molecule has 3 rings (SSSR count). The summed E-state index contributed by atoms with van der Waals surface area (Å²) in [5, 5.41) is 2.99. The number of rotatable bonds is 3. The maximum absolute atomic E-state index is 12.0. The third-order valence-electron chi connectivity index (χ3n) is 4.49. The van der Waals surface area contributed by atoms with Crippen LogP contribution in [0.5, 0.6) is 0 Å². The summed E-state index contributed by atoms with van der Waals surface area (Å²) in [5.74, 6) is 0.0637. The van der Waals surface area contributed by atoms with Crippen molar-refractivity contribution in [1.82, 2.24) is 0 Å². The highest BCUT2D eigenvalue weighted by atomic mass is 16.5. The third-order valence-corrected chi connectivity index (χ3v) is 4.49. The van der Waals surface area contributed by atoms with Crippen molar-refractivity contribution in [2.45, 2.75) is 51.2 Å². The molecule has 0 aromatic heterocycles. The van der Waals surface area contributed by atoms with Crippen LogP contribution in [-0.2, 0) is 9.53 Å². The van der Waals surface area contributed by atoms with Crippen molar-refractivity contribution in [2.75, 3.05) is 11.9 Å². The maximum Gasteiger partial charge on any atom is 0.232 e. The summed E-state index contributed by atoms with van der Waals surface area (Å²) in [4.78, 5) is 12.0. The molecule has 0 aliphatic carbocycles. The van der Waals surface area contributed by atoms with Gasteiger partial charge in [-0.25, -0.2) is 0 Å². The zero-order valence-corrected chi connectivity index (χ0v) is 12.1. The normalized spacial score (nSPS) is 26.4. The van der Waals surface area contributed by atoms with E-state index in [1.165, 1.54) is 0 Å². The monoisotopic (exact) mass is 274 g/mol. The lowest BCUT2D eigenvalue weighted by Gasteiger charge is -2.21. The fourth-order valence-corrected chi connectivity index (χ4v) is 3.34. The first-order valence-corrected chi connectivity index (χ1v) is 7.44. The van der Waals surface area contributed by atoms with E-state index >= 15 is 0 Å². The number of carbonyl (C=O) groups is 1. The molecular formula is C16H22N2O2. The van der Waals surface area contributed by atoms with Gasteiger partial charge in [0, 0.05) is 12.3 Å². The van der Waals surface area contributed by atoms with Gasteiger partial charge in [0.25, 0.3) is 0 Å². The first-order chi connectivity index (χ1) is 9.61. The molecule has 20 heavy (non-hydrogen) atoms. The molecule has 0 spiro atoms. The minimum Gasteiger partial charge on any atom is -0.376 e. The molecule has 4 nitrogen and oxygen atoms in total. The van der Waals surface area contributed by atoms with Gasteiger partial charge in [0.2, 0.25) is 5.91 Å². The molecule has 3 atom stereocenters. The van der Waals surface area contributed by atoms with E-state index in [4.69, 9.17) is 10.5 Å². The minimum absolute atomic E-state index is 0.0413. The number of benzene rings is 1. The number of nitrogens with two attached hydrogens (primary N) is 1. The Bertz CT molecular complexity index is 536. The van der Waals surface area contributed by atoms with E-state index < -0.39 is 0 Å². The van der Waals surface area contributed by atoms with Crippen LogP contribution in [0, 0.1) is 6.92 Å². The third kappa shape index (κ3) is 2.13. The van der Waals surface area contributed by atoms with E-state index in [2.05, 4.69) is 17.4 Å². The molecule has 1 aromatic rings. The van der Waals surface area contributed by atoms with Gasteiger partial charge < -0.3 is 15.8 Å². The summed E-state index contributed by atoms with van der Waals surface area (Å²) in [7, 11) is 0. The van der Waals surface area contributed by atoms with Gasteiger partial charge >= 0.3 is 0 Å². The van der Waals surface area contributed by atoms with Gasteiger partial charge in [-0.3, -0.25) is 4.79 Å². The molecular weight excluding hydrogens is 252 g/mol. The second-order valence-corrected chi connectivity index (χ2v) is 5.83. The van der Waals surface area contributed by atoms with E-state index in [1.54, 1.807) is 0 Å². The quantitative estimate of drug-likeness (QED) is 0.890. The first-order valence-electron chi connectivity index (χ1n) is 7.44. The lowest BCUT2D eigenvalue weighted by atomic mass is 9.91. The second-order valence-electron chi connectivity index (χ2n) is 5.83. The fraction of sp³-hybridized carbons (Fsp3) is 0.562. The molecule has 108 valence electrons. The number of anilines is 1. The molecule has 2 heterocycles. The zero-order valence-electron chi connectivity index (χ0n) is 12.1. The van der Waals surface area contributed by atoms with E-state index in [0.717, 1.165) is 48.2 Å². The number of hydrogen-bond donors (Lipinski definition) is 2. The lowest BCUT2D eigenvalue weighted by molar-refractivity contribution is -0.117. The Kier molecular flexibility index (Phi) is 3.52. The first kappa shape index (κ1) is 13.6. The van der Waals surface area contributed by atoms with Crippen LogP contribution in [-0.4, -0.2) is 18.6 Å². The summed E-state index contributed by atoms with van der Waals surface area (Å²) < 4.78 is 5.70. The molecule has 0 saturated carbocycles. The van der Waals surface area contributed by atoms with E-state index in [0.29, 0.717) is 0 Å². The Morgan fingerprint density at radius 3 is 2.95 bits per heavy atom. The molecule has 2 aliphatic rings. The summed E-state index contributed by atoms with van der Waals surface area (Å²) in [6.45, 7) is 4.88. The van der Waals surface area contributed by atoms with Crippen LogP contribution in [0.3, 0.4) is 0 Å². The summed E-state index contributed by atoms with van der Waals surface area (Å²) in [5.41, 5.74) is 10.6. The molecule has 0 radical (unpaired) electrons. The van der Waals surface area contributed by atoms with Crippen molar-refractivity contribution in [1.29, 1.82) is 0 Å². The molecule has 1 aromatic carbocycles. The average molecular weight is 274 g/mol. The molecule has 2 aliphatic heterocycles. The summed E-state index contributed by atoms with van der Waals surface area (Å²) >= 11 is 0. The van der Waals surface area contributed by atoms with Crippen molar-refractivity contribution < 1.29 is 9.53 Å². The standard InChI is InChI=1S/C16H22N2O2/c1-3-11-12-8-10(14(17)13-5-4-6-20-13)7-9(2)15(12)18-16(11)19/h7-8,11,13-14H,3-6,17H2,1-2H3,(H,18,19). The van der Waals surface area contributed by atoms with Crippen molar-refractivity contribution >= 4 is 11.6 Å². The zero-order chi connectivity index (χ0) is 14.3. The lowest BCUT2D eigenvalue weighted by Crippen LogP contribution is -2.25. The van der Waals surface area contributed by atoms with Gasteiger partial charge in [-0.15, -0.1) is 0 Å². The topological polar surface area (TPSA) is 64.4 Å². The predicted molar refractivity (Wildman–Crippen MR) is 78.7 cm³/mol. The Labute approximate surface area is 119 Å². The molecule has 1 amide bonds. The van der Waals surface area contributed by atoms with Crippen molar-refractivity contribution in [3.05, 3.63) is 28.8 Å². The van der Waals surface area contributed by atoms with E-state index in [9.17, 15) is 4.79 Å². The Hall–Kier alpha value is -1.39. The van der Waals surface area contributed by atoms with Gasteiger partial charge in [0.05, 0.1) is 18.1 Å². The number of aryl methyl sites for hydroxylation is 1. The molecule has 3 unspecified atom stereocenters. The highest BCUT2D eigenvalue weighted by Gasteiger charge is 2.32. The summed E-state index contributed by atoms with van der Waals surface area (Å²) in [6, 6.07) is 4.08. The van der Waals surface area contributed by atoms with E-state index in [1.807, 2.05) is 13.8 Å². The molecule has 1 saturated heterocycles. The van der Waals surface area contributed by atoms with Crippen LogP contribution >= 0.6 is 0 Å². The van der Waals surface area contributed by atoms with E-state index in [-0.39, 0.29) is 24.0 Å². The molecule has 0 bridgehead atoms. The number of nitrogens with one attached hydrogen (secondary N) is 1. The summed E-state index contributed by atoms with van der Waals surface area (Å²) in [6.07, 6.45) is 3.03. The minimum atomic E-state index is -0.102. The van der Waals surface area contributed by atoms with Crippen LogP contribution < -0.4 is 11.1 Å². The van der Waals surface area contributed by atoms with Gasteiger partial charge in [-0.2, -0.15) is 0 Å². The molecule has 1 fully saturated rings. The number of amides is 1. The highest BCUT2D eigenvalue weighted by molar-refractivity contribution is 6.03. The smallest absolute Gasteiger partial charge is 0.232 e. The Balaban J connectivity index is 1.96. The van der Waals surface area contributed by atoms with Crippen LogP contribution in [0.1, 0.15) is 54.8 Å². The van der Waals surface area contributed by atoms with Crippen LogP contribution in [0.4, 0.5) is 5.69 Å². The number of carbonyl (C=O) groups excluding carboxylic acids is 1. The predicted octanol–water partition coefficient (Wildman–Crippen LogP) is 2.62. The van der Waals surface area contributed by atoms with Crippen molar-refractivity contribution in [2.24, 2.45) is 5.73 Å². The van der Waals surface area contributed by atoms with Gasteiger partial charge in [0.1, 0.15) is 0 Å². The van der Waals surface area contributed by atoms with Crippen molar-refractivity contribution in [3.63, 3.8) is 0 Å². The van der Waals surface area contributed by atoms with Gasteiger partial charge in [0.15, 0.2) is 0 Å². The Morgan fingerprint density at radius 1 is 1.50 bits per heavy atom. The highest BCUT2D eigenvalue weighted by Crippen LogP contribution is 2.39. The van der Waals surface area contributed by atoms with Crippen LogP contribution in [0.25, 0.3) is 0 Å². The number of hydrogen-bond acceptors (Lipinski definition) is 3. The van der Waals surface area contributed by atoms with Crippen LogP contribution in [0.2, 0.25) is 0 Å². The maximum atomic E-state index is 12.0. The number of fused-ring (bicyclic) bond motifs is 1. The van der Waals surface area contributed by atoms with Crippen molar-refractivity contribution in [3.8, 4) is 0 Å². The molecule has 4 heteroatoms. The van der Waals surface area contributed by atoms with Gasteiger partial charge in [-0.1, -0.05) is 19.1 Å². The van der Waals surface area contributed by atoms with Gasteiger partial charge in [-0.05, 0) is 42.9 Å². The molecule has 3 N–H and O–H groups in total. The fourth-order valence-electron chi connectivity index (χ4n) is 3.34. The average Bonchev–Trinajstić information content (AvgIpc) is 3.05.